The topological polar surface area (TPSA) is 84.2 Å². The van der Waals surface area contributed by atoms with Gasteiger partial charge in [0.25, 0.3) is 10.2 Å². The van der Waals surface area contributed by atoms with Crippen molar-refractivity contribution in [3.05, 3.63) is 0 Å². The molecule has 0 heterocycles. The van der Waals surface area contributed by atoms with Gasteiger partial charge >= 0.3 is 6.18 Å². The highest BCUT2D eigenvalue weighted by molar-refractivity contribution is 7.87. The normalized spacial score (nSPS) is 14.0. The Morgan fingerprint density at radius 1 is 1.18 bits per heavy atom. The predicted octanol–water partition coefficient (Wildman–Crippen LogP) is 0.490. The Hall–Kier alpha value is -0.380. The van der Waals surface area contributed by atoms with Crippen LogP contribution < -0.4 is 15.2 Å². The molecule has 0 aliphatic heterocycles. The van der Waals surface area contributed by atoms with Crippen molar-refractivity contribution in [2.75, 3.05) is 13.1 Å². The Morgan fingerprint density at radius 3 is 1.94 bits per heavy atom. The predicted molar refractivity (Wildman–Crippen MR) is 58.5 cm³/mol. The summed E-state index contributed by atoms with van der Waals surface area (Å²) in [5.74, 6) is 0. The summed E-state index contributed by atoms with van der Waals surface area (Å²) in [6.07, 6.45) is -3.79. The van der Waals surface area contributed by atoms with Gasteiger partial charge in [-0.3, -0.25) is 0 Å². The molecule has 0 amide bonds. The Balaban J connectivity index is 4.63. The molecule has 0 aliphatic rings. The van der Waals surface area contributed by atoms with Gasteiger partial charge < -0.3 is 5.73 Å². The second-order valence-corrected chi connectivity index (χ2v) is 5.23. The average Bonchev–Trinajstić information content (AvgIpc) is 2.23. The van der Waals surface area contributed by atoms with Crippen LogP contribution in [0.1, 0.15) is 26.7 Å². The summed E-state index contributed by atoms with van der Waals surface area (Å²) in [6.45, 7) is 1.84. The summed E-state index contributed by atoms with van der Waals surface area (Å²) in [5, 5.41) is 0. The zero-order chi connectivity index (χ0) is 13.7. The number of hydrogen-bond acceptors (Lipinski definition) is 3. The molecule has 104 valence electrons. The van der Waals surface area contributed by atoms with E-state index in [-0.39, 0.29) is 6.54 Å². The van der Waals surface area contributed by atoms with Gasteiger partial charge in [0.2, 0.25) is 0 Å². The fraction of sp³-hybridized carbons (Fsp3) is 1.00. The lowest BCUT2D eigenvalue weighted by Gasteiger charge is -2.30. The van der Waals surface area contributed by atoms with Crippen molar-refractivity contribution in [3.8, 4) is 0 Å². The zero-order valence-corrected chi connectivity index (χ0v) is 10.6. The van der Waals surface area contributed by atoms with Crippen LogP contribution in [0.15, 0.2) is 0 Å². The number of nitrogens with two attached hydrogens (primary N) is 1. The van der Waals surface area contributed by atoms with E-state index in [1.54, 1.807) is 13.8 Å². The average molecular weight is 277 g/mol. The molecule has 0 fully saturated rings. The van der Waals surface area contributed by atoms with Crippen LogP contribution in [0.5, 0.6) is 0 Å². The minimum Gasteiger partial charge on any atom is -0.329 e. The molecule has 0 aliphatic carbocycles. The van der Waals surface area contributed by atoms with Gasteiger partial charge in [-0.25, -0.2) is 0 Å². The van der Waals surface area contributed by atoms with Crippen molar-refractivity contribution in [2.45, 2.75) is 38.4 Å². The first-order valence-electron chi connectivity index (χ1n) is 5.15. The molecule has 0 aromatic carbocycles. The first-order chi connectivity index (χ1) is 7.60. The maximum atomic E-state index is 11.9. The second-order valence-electron chi connectivity index (χ2n) is 3.73. The number of rotatable bonds is 7. The Labute approximate surface area is 99.1 Å². The lowest BCUT2D eigenvalue weighted by atomic mass is 9.95. The SMILES string of the molecule is CCC(CC)(CN)NS(=O)(=O)NCC(F)(F)F. The first-order valence-corrected chi connectivity index (χ1v) is 6.63. The van der Waals surface area contributed by atoms with E-state index in [4.69, 9.17) is 5.73 Å². The molecule has 4 N–H and O–H groups in total. The molecule has 5 nitrogen and oxygen atoms in total. The van der Waals surface area contributed by atoms with E-state index in [0.29, 0.717) is 12.8 Å². The molecule has 0 spiro atoms. The second kappa shape index (κ2) is 5.98. The van der Waals surface area contributed by atoms with E-state index < -0.39 is 28.5 Å². The fourth-order valence-corrected chi connectivity index (χ4v) is 2.59. The molecule has 0 unspecified atom stereocenters. The summed E-state index contributed by atoms with van der Waals surface area (Å²) >= 11 is 0. The lowest BCUT2D eigenvalue weighted by molar-refractivity contribution is -0.121. The lowest BCUT2D eigenvalue weighted by Crippen LogP contribution is -2.56. The van der Waals surface area contributed by atoms with E-state index in [1.807, 2.05) is 0 Å². The van der Waals surface area contributed by atoms with Gasteiger partial charge in [0.15, 0.2) is 0 Å². The summed E-state index contributed by atoms with van der Waals surface area (Å²) in [4.78, 5) is 0. The number of alkyl halides is 3. The van der Waals surface area contributed by atoms with Crippen molar-refractivity contribution in [1.29, 1.82) is 0 Å². The molecule has 17 heavy (non-hydrogen) atoms. The monoisotopic (exact) mass is 277 g/mol. The number of halogens is 3. The Bertz CT molecular complexity index is 317. The molecule has 0 aromatic heterocycles. The van der Waals surface area contributed by atoms with Crippen LogP contribution in [0.3, 0.4) is 0 Å². The van der Waals surface area contributed by atoms with Crippen molar-refractivity contribution in [3.63, 3.8) is 0 Å². The molecule has 0 rings (SSSR count). The van der Waals surface area contributed by atoms with Crippen molar-refractivity contribution < 1.29 is 21.6 Å². The van der Waals surface area contributed by atoms with Crippen LogP contribution in [0.25, 0.3) is 0 Å². The van der Waals surface area contributed by atoms with Gasteiger partial charge in [0, 0.05) is 12.1 Å². The molecular formula is C8H18F3N3O2S. The highest BCUT2D eigenvalue weighted by atomic mass is 32.2. The molecule has 0 aromatic rings. The molecule has 0 radical (unpaired) electrons. The van der Waals surface area contributed by atoms with E-state index >= 15 is 0 Å². The molecule has 0 bridgehead atoms. The zero-order valence-electron chi connectivity index (χ0n) is 9.76. The molecule has 0 saturated carbocycles. The smallest absolute Gasteiger partial charge is 0.329 e. The Kier molecular flexibility index (Phi) is 5.85. The van der Waals surface area contributed by atoms with Crippen molar-refractivity contribution >= 4 is 10.2 Å². The molecular weight excluding hydrogens is 259 g/mol. The van der Waals surface area contributed by atoms with Gasteiger partial charge in [-0.15, -0.1) is 0 Å². The van der Waals surface area contributed by atoms with Crippen LogP contribution in [0, 0.1) is 0 Å². The highest BCUT2D eigenvalue weighted by Crippen LogP contribution is 2.16. The summed E-state index contributed by atoms with van der Waals surface area (Å²) in [6, 6.07) is 0. The van der Waals surface area contributed by atoms with E-state index in [0.717, 1.165) is 0 Å². The van der Waals surface area contributed by atoms with Gasteiger partial charge in [-0.2, -0.15) is 31.0 Å². The maximum Gasteiger partial charge on any atom is 0.402 e. The van der Waals surface area contributed by atoms with Gasteiger partial charge in [0.1, 0.15) is 6.54 Å². The fourth-order valence-electron chi connectivity index (χ4n) is 1.22. The van der Waals surface area contributed by atoms with Crippen LogP contribution in [0.2, 0.25) is 0 Å². The summed E-state index contributed by atoms with van der Waals surface area (Å²) in [7, 11) is -4.21. The maximum absolute atomic E-state index is 11.9. The van der Waals surface area contributed by atoms with Crippen LogP contribution in [0.4, 0.5) is 13.2 Å². The molecule has 0 atom stereocenters. The minimum atomic E-state index is -4.58. The number of nitrogens with one attached hydrogen (secondary N) is 2. The minimum absolute atomic E-state index is 0.0208. The summed E-state index contributed by atoms with van der Waals surface area (Å²) < 4.78 is 62.0. The van der Waals surface area contributed by atoms with E-state index in [1.165, 1.54) is 4.72 Å². The third-order valence-corrected chi connectivity index (χ3v) is 3.78. The van der Waals surface area contributed by atoms with Gasteiger partial charge in [-0.05, 0) is 12.8 Å². The van der Waals surface area contributed by atoms with Crippen molar-refractivity contribution in [1.82, 2.24) is 9.44 Å². The first kappa shape index (κ1) is 16.6. The van der Waals surface area contributed by atoms with E-state index in [2.05, 4.69) is 4.72 Å². The Morgan fingerprint density at radius 2 is 1.65 bits per heavy atom. The van der Waals surface area contributed by atoms with E-state index in [9.17, 15) is 21.6 Å². The van der Waals surface area contributed by atoms with Gasteiger partial charge in [0.05, 0.1) is 0 Å². The number of hydrogen-bond donors (Lipinski definition) is 3. The van der Waals surface area contributed by atoms with Crippen LogP contribution >= 0.6 is 0 Å². The van der Waals surface area contributed by atoms with Gasteiger partial charge in [-0.1, -0.05) is 13.8 Å². The van der Waals surface area contributed by atoms with Crippen LogP contribution in [-0.2, 0) is 10.2 Å². The largest absolute Gasteiger partial charge is 0.402 e. The third-order valence-electron chi connectivity index (χ3n) is 2.56. The standard InChI is InChI=1S/C8H18F3N3O2S/c1-3-7(4-2,5-12)14-17(15,16)13-6-8(9,10)11/h13-14H,3-6,12H2,1-2H3. The highest BCUT2D eigenvalue weighted by Gasteiger charge is 2.33. The summed E-state index contributed by atoms with van der Waals surface area (Å²) in [5.41, 5.74) is 4.54. The van der Waals surface area contributed by atoms with Crippen LogP contribution in [-0.4, -0.2) is 33.2 Å². The van der Waals surface area contributed by atoms with Crippen molar-refractivity contribution in [2.24, 2.45) is 5.73 Å². The molecule has 0 saturated heterocycles. The third kappa shape index (κ3) is 6.20. The quantitative estimate of drug-likeness (QED) is 0.633. The molecule has 9 heteroatoms.